The molecule has 4 atom stereocenters. The van der Waals surface area contributed by atoms with E-state index < -0.39 is 11.9 Å². The Balaban J connectivity index is 2.04. The Morgan fingerprint density at radius 3 is 2.32 bits per heavy atom. The van der Waals surface area contributed by atoms with Gasteiger partial charge in [-0.25, -0.2) is 0 Å². The van der Waals surface area contributed by atoms with Crippen LogP contribution in [-0.2, 0) is 9.59 Å². The summed E-state index contributed by atoms with van der Waals surface area (Å²) in [5.41, 5.74) is 0. The first-order valence-corrected chi connectivity index (χ1v) is 7.12. The average Bonchev–Trinajstić information content (AvgIpc) is 2.74. The summed E-state index contributed by atoms with van der Waals surface area (Å²) in [6.45, 7) is 6.44. The predicted molar refractivity (Wildman–Crippen MR) is 71.7 cm³/mol. The molecule has 5 heteroatoms. The van der Waals surface area contributed by atoms with E-state index in [9.17, 15) is 14.7 Å². The fourth-order valence-corrected chi connectivity index (χ4v) is 3.32. The molecule has 2 aliphatic rings. The number of nitrogens with zero attached hydrogens (tertiary/aromatic N) is 2. The van der Waals surface area contributed by atoms with Crippen LogP contribution in [0.3, 0.4) is 0 Å². The Morgan fingerprint density at radius 1 is 1.11 bits per heavy atom. The van der Waals surface area contributed by atoms with Gasteiger partial charge in [-0.15, -0.1) is 0 Å². The number of aliphatic carboxylic acids is 1. The zero-order chi connectivity index (χ0) is 14.2. The van der Waals surface area contributed by atoms with Crippen LogP contribution in [0.25, 0.3) is 0 Å². The molecule has 1 saturated heterocycles. The van der Waals surface area contributed by atoms with Crippen LogP contribution in [0.4, 0.5) is 0 Å². The Bertz CT molecular complexity index is 372. The summed E-state index contributed by atoms with van der Waals surface area (Å²) in [7, 11) is 2.06. The molecule has 1 heterocycles. The quantitative estimate of drug-likeness (QED) is 0.808. The number of carboxylic acids is 1. The minimum absolute atomic E-state index is 0.0525. The normalized spacial score (nSPS) is 36.5. The fourth-order valence-electron chi connectivity index (χ4n) is 3.32. The molecule has 0 aromatic rings. The lowest BCUT2D eigenvalue weighted by molar-refractivity contribution is -0.150. The van der Waals surface area contributed by atoms with E-state index in [2.05, 4.69) is 18.9 Å². The average molecular weight is 268 g/mol. The third-order valence-corrected chi connectivity index (χ3v) is 4.70. The molecule has 1 amide bonds. The number of rotatable bonds is 2. The molecular weight excluding hydrogens is 244 g/mol. The number of carbonyl (C=O) groups is 2. The molecule has 0 bridgehead atoms. The molecule has 2 rings (SSSR count). The van der Waals surface area contributed by atoms with Gasteiger partial charge in [-0.1, -0.05) is 6.92 Å². The van der Waals surface area contributed by atoms with Crippen LogP contribution in [0.2, 0.25) is 0 Å². The Kier molecular flexibility index (Phi) is 4.13. The van der Waals surface area contributed by atoms with Crippen molar-refractivity contribution < 1.29 is 14.7 Å². The van der Waals surface area contributed by atoms with E-state index in [1.54, 1.807) is 0 Å². The smallest absolute Gasteiger partial charge is 0.307 e. The lowest BCUT2D eigenvalue weighted by atomic mass is 9.94. The third kappa shape index (κ3) is 2.91. The number of piperazine rings is 1. The van der Waals surface area contributed by atoms with Crippen molar-refractivity contribution in [3.05, 3.63) is 0 Å². The summed E-state index contributed by atoms with van der Waals surface area (Å²) >= 11 is 0. The van der Waals surface area contributed by atoms with Crippen LogP contribution < -0.4 is 0 Å². The molecule has 108 valence electrons. The van der Waals surface area contributed by atoms with Crippen molar-refractivity contribution in [3.8, 4) is 0 Å². The molecular formula is C14H24N2O3. The molecule has 2 fully saturated rings. The Morgan fingerprint density at radius 2 is 1.74 bits per heavy atom. The first-order valence-electron chi connectivity index (χ1n) is 7.12. The lowest BCUT2D eigenvalue weighted by Crippen LogP contribution is -2.53. The standard InChI is InChI=1S/C14H24N2O3/c1-9-6-11(12(7-9)14(18)19)13(17)16-5-4-15(3)10(2)8-16/h9-12H,4-8H2,1-3H3,(H,18,19). The maximum Gasteiger partial charge on any atom is 0.307 e. The molecule has 19 heavy (non-hydrogen) atoms. The number of carboxylic acid groups (broad SMARTS) is 1. The van der Waals surface area contributed by atoms with Crippen molar-refractivity contribution in [2.75, 3.05) is 26.7 Å². The van der Waals surface area contributed by atoms with Crippen LogP contribution in [0.1, 0.15) is 26.7 Å². The van der Waals surface area contributed by atoms with Crippen LogP contribution in [-0.4, -0.2) is 59.5 Å². The van der Waals surface area contributed by atoms with Gasteiger partial charge in [0, 0.05) is 25.7 Å². The van der Waals surface area contributed by atoms with Crippen LogP contribution in [0.5, 0.6) is 0 Å². The molecule has 4 unspecified atom stereocenters. The topological polar surface area (TPSA) is 60.9 Å². The van der Waals surface area contributed by atoms with Gasteiger partial charge in [-0.3, -0.25) is 9.59 Å². The Labute approximate surface area is 114 Å². The summed E-state index contributed by atoms with van der Waals surface area (Å²) in [5, 5.41) is 9.26. The summed E-state index contributed by atoms with van der Waals surface area (Å²) in [6.07, 6.45) is 1.35. The zero-order valence-corrected chi connectivity index (χ0v) is 12.0. The van der Waals surface area contributed by atoms with E-state index in [1.807, 2.05) is 11.8 Å². The van der Waals surface area contributed by atoms with E-state index in [-0.39, 0.29) is 11.8 Å². The number of likely N-dealkylation sites (N-methyl/N-ethyl adjacent to an activating group) is 1. The predicted octanol–water partition coefficient (Wildman–Crippen LogP) is 0.896. The molecule has 1 saturated carbocycles. The number of amides is 1. The van der Waals surface area contributed by atoms with Crippen molar-refractivity contribution in [3.63, 3.8) is 0 Å². The van der Waals surface area contributed by atoms with Gasteiger partial charge < -0.3 is 14.9 Å². The van der Waals surface area contributed by atoms with Gasteiger partial charge in [-0.05, 0) is 32.7 Å². The van der Waals surface area contributed by atoms with Gasteiger partial charge >= 0.3 is 5.97 Å². The first-order chi connectivity index (χ1) is 8.90. The molecule has 0 radical (unpaired) electrons. The number of carbonyl (C=O) groups excluding carboxylic acids is 1. The minimum Gasteiger partial charge on any atom is -0.481 e. The first kappa shape index (κ1) is 14.3. The van der Waals surface area contributed by atoms with Crippen molar-refractivity contribution in [1.29, 1.82) is 0 Å². The molecule has 0 aromatic heterocycles. The van der Waals surface area contributed by atoms with Gasteiger partial charge in [0.1, 0.15) is 0 Å². The van der Waals surface area contributed by atoms with E-state index in [4.69, 9.17) is 0 Å². The Hall–Kier alpha value is -1.10. The summed E-state index contributed by atoms with van der Waals surface area (Å²) in [4.78, 5) is 27.9. The van der Waals surface area contributed by atoms with Crippen molar-refractivity contribution in [2.24, 2.45) is 17.8 Å². The van der Waals surface area contributed by atoms with Crippen LogP contribution in [0, 0.1) is 17.8 Å². The monoisotopic (exact) mass is 268 g/mol. The van der Waals surface area contributed by atoms with Crippen LogP contribution in [0.15, 0.2) is 0 Å². The highest BCUT2D eigenvalue weighted by Crippen LogP contribution is 2.37. The second-order valence-corrected chi connectivity index (χ2v) is 6.24. The molecule has 1 N–H and O–H groups in total. The maximum absolute atomic E-state index is 12.6. The maximum atomic E-state index is 12.6. The van der Waals surface area contributed by atoms with Gasteiger partial charge in [0.25, 0.3) is 0 Å². The molecule has 5 nitrogen and oxygen atoms in total. The largest absolute Gasteiger partial charge is 0.481 e. The van der Waals surface area contributed by atoms with Gasteiger partial charge in [0.05, 0.1) is 11.8 Å². The lowest BCUT2D eigenvalue weighted by Gasteiger charge is -2.39. The highest BCUT2D eigenvalue weighted by molar-refractivity contribution is 5.85. The second kappa shape index (κ2) is 5.49. The van der Waals surface area contributed by atoms with E-state index >= 15 is 0 Å². The van der Waals surface area contributed by atoms with Gasteiger partial charge in [-0.2, -0.15) is 0 Å². The molecule has 0 spiro atoms. The summed E-state index contributed by atoms with van der Waals surface area (Å²) < 4.78 is 0. The number of hydrogen-bond donors (Lipinski definition) is 1. The minimum atomic E-state index is -0.815. The third-order valence-electron chi connectivity index (χ3n) is 4.70. The van der Waals surface area contributed by atoms with Crippen molar-refractivity contribution >= 4 is 11.9 Å². The van der Waals surface area contributed by atoms with Crippen molar-refractivity contribution in [2.45, 2.75) is 32.7 Å². The fraction of sp³-hybridized carbons (Fsp3) is 0.857. The van der Waals surface area contributed by atoms with Gasteiger partial charge in [0.15, 0.2) is 0 Å². The van der Waals surface area contributed by atoms with Gasteiger partial charge in [0.2, 0.25) is 5.91 Å². The molecule has 1 aliphatic carbocycles. The second-order valence-electron chi connectivity index (χ2n) is 6.24. The van der Waals surface area contributed by atoms with Crippen molar-refractivity contribution in [1.82, 2.24) is 9.80 Å². The zero-order valence-electron chi connectivity index (χ0n) is 12.0. The van der Waals surface area contributed by atoms with E-state index in [0.29, 0.717) is 24.9 Å². The highest BCUT2D eigenvalue weighted by Gasteiger charge is 2.43. The summed E-state index contributed by atoms with van der Waals surface area (Å²) in [5.74, 6) is -1.23. The van der Waals surface area contributed by atoms with E-state index in [0.717, 1.165) is 19.5 Å². The molecule has 0 aromatic carbocycles. The SMILES string of the molecule is CC1CC(C(=O)O)C(C(=O)N2CCN(C)C(C)C2)C1. The van der Waals surface area contributed by atoms with E-state index in [1.165, 1.54) is 0 Å². The number of hydrogen-bond acceptors (Lipinski definition) is 3. The van der Waals surface area contributed by atoms with Crippen LogP contribution >= 0.6 is 0 Å². The molecule has 1 aliphatic heterocycles. The highest BCUT2D eigenvalue weighted by atomic mass is 16.4. The summed E-state index contributed by atoms with van der Waals surface area (Å²) in [6, 6.07) is 0.347.